The average Bonchev–Trinajstić information content (AvgIpc) is 3.21. The molecule has 1 N–H and O–H groups in total. The molecule has 2 saturated heterocycles. The van der Waals surface area contributed by atoms with Crippen molar-refractivity contribution in [3.63, 3.8) is 0 Å². The highest BCUT2D eigenvalue weighted by molar-refractivity contribution is 5.87. The molecule has 2 aliphatic rings. The van der Waals surface area contributed by atoms with Crippen LogP contribution in [0.4, 0.5) is 0 Å². The van der Waals surface area contributed by atoms with Crippen LogP contribution in [-0.4, -0.2) is 67.7 Å². The van der Waals surface area contributed by atoms with E-state index in [9.17, 15) is 4.79 Å². The number of likely N-dealkylation sites (tertiary alicyclic amines) is 1. The van der Waals surface area contributed by atoms with E-state index in [4.69, 9.17) is 4.74 Å². The zero-order chi connectivity index (χ0) is 17.7. The number of hydrogen-bond acceptors (Lipinski definition) is 4. The second kappa shape index (κ2) is 8.30. The molecule has 5 nitrogen and oxygen atoms in total. The molecule has 0 spiro atoms. The Balaban J connectivity index is 1.69. The normalized spacial score (nSPS) is 23.1. The highest BCUT2D eigenvalue weighted by Gasteiger charge is 2.42. The number of hydrogen-bond donors (Lipinski definition) is 1. The van der Waals surface area contributed by atoms with Crippen molar-refractivity contribution in [1.82, 2.24) is 15.1 Å². The smallest absolute Gasteiger partial charge is 0.244 e. The second-order valence-corrected chi connectivity index (χ2v) is 7.34. The summed E-state index contributed by atoms with van der Waals surface area (Å²) in [6, 6.07) is 10.5. The summed E-state index contributed by atoms with van der Waals surface area (Å²) >= 11 is 0. The lowest BCUT2D eigenvalue weighted by atomic mass is 9.89. The van der Waals surface area contributed by atoms with Gasteiger partial charge >= 0.3 is 0 Å². The molecule has 2 fully saturated rings. The van der Waals surface area contributed by atoms with Crippen molar-refractivity contribution in [2.24, 2.45) is 0 Å². The van der Waals surface area contributed by atoms with Gasteiger partial charge in [0.05, 0.1) is 13.2 Å². The average molecular weight is 345 g/mol. The topological polar surface area (TPSA) is 44.8 Å². The molecule has 2 aliphatic heterocycles. The van der Waals surface area contributed by atoms with E-state index in [0.29, 0.717) is 12.6 Å². The van der Waals surface area contributed by atoms with Gasteiger partial charge in [0.2, 0.25) is 5.91 Å². The Morgan fingerprint density at radius 2 is 1.80 bits per heavy atom. The zero-order valence-electron chi connectivity index (χ0n) is 15.5. The first-order chi connectivity index (χ1) is 12.1. The second-order valence-electron chi connectivity index (χ2n) is 7.34. The third kappa shape index (κ3) is 4.05. The van der Waals surface area contributed by atoms with Crippen LogP contribution in [0.2, 0.25) is 0 Å². The minimum atomic E-state index is -0.595. The summed E-state index contributed by atoms with van der Waals surface area (Å²) in [6.07, 6.45) is 2.33. The SMILES string of the molecule is C[C@@H](CNC(=O)[C@@](C)(c1ccccc1)N1CCCC1)N1CCOCC1. The fourth-order valence-corrected chi connectivity index (χ4v) is 3.94. The maximum Gasteiger partial charge on any atom is 0.244 e. The highest BCUT2D eigenvalue weighted by atomic mass is 16.5. The molecular formula is C20H31N3O2. The lowest BCUT2D eigenvalue weighted by Crippen LogP contribution is -2.56. The van der Waals surface area contributed by atoms with Gasteiger partial charge in [0.15, 0.2) is 0 Å². The fraction of sp³-hybridized carbons (Fsp3) is 0.650. The largest absolute Gasteiger partial charge is 0.379 e. The van der Waals surface area contributed by atoms with Crippen molar-refractivity contribution in [1.29, 1.82) is 0 Å². The molecule has 0 unspecified atom stereocenters. The quantitative estimate of drug-likeness (QED) is 0.854. The van der Waals surface area contributed by atoms with Gasteiger partial charge in [0, 0.05) is 25.7 Å². The number of nitrogens with zero attached hydrogens (tertiary/aromatic N) is 2. The monoisotopic (exact) mass is 345 g/mol. The van der Waals surface area contributed by atoms with E-state index < -0.39 is 5.54 Å². The van der Waals surface area contributed by atoms with Crippen LogP contribution in [0.1, 0.15) is 32.3 Å². The molecule has 5 heteroatoms. The molecule has 0 saturated carbocycles. The number of ether oxygens (including phenoxy) is 1. The number of morpholine rings is 1. The Labute approximate surface area is 151 Å². The van der Waals surface area contributed by atoms with Crippen molar-refractivity contribution in [2.75, 3.05) is 45.9 Å². The Morgan fingerprint density at radius 1 is 1.16 bits per heavy atom. The number of rotatable bonds is 6. The summed E-state index contributed by atoms with van der Waals surface area (Å²) in [5.74, 6) is 0.112. The van der Waals surface area contributed by atoms with Gasteiger partial charge in [-0.15, -0.1) is 0 Å². The third-order valence-electron chi connectivity index (χ3n) is 5.74. The molecule has 1 aromatic carbocycles. The van der Waals surface area contributed by atoms with Crippen LogP contribution < -0.4 is 5.32 Å². The van der Waals surface area contributed by atoms with Crippen LogP contribution in [0.15, 0.2) is 30.3 Å². The van der Waals surface area contributed by atoms with Crippen LogP contribution in [0.25, 0.3) is 0 Å². The van der Waals surface area contributed by atoms with Crippen LogP contribution in [-0.2, 0) is 15.1 Å². The number of amides is 1. The molecule has 0 radical (unpaired) electrons. The van der Waals surface area contributed by atoms with E-state index in [1.165, 1.54) is 12.8 Å². The van der Waals surface area contributed by atoms with Crippen LogP contribution in [0, 0.1) is 0 Å². The van der Waals surface area contributed by atoms with Crippen molar-refractivity contribution >= 4 is 5.91 Å². The molecule has 2 heterocycles. The first kappa shape index (κ1) is 18.4. The predicted molar refractivity (Wildman–Crippen MR) is 99.5 cm³/mol. The van der Waals surface area contributed by atoms with Crippen LogP contribution in [0.5, 0.6) is 0 Å². The standard InChI is InChI=1S/C20H31N3O2/c1-17(22-12-14-25-15-13-22)16-21-19(24)20(2,23-10-6-7-11-23)18-8-4-3-5-9-18/h3-5,8-9,17H,6-7,10-16H2,1-2H3,(H,21,24)/t17-,20+/m0/s1. The van der Waals surface area contributed by atoms with Gasteiger partial charge in [-0.2, -0.15) is 0 Å². The van der Waals surface area contributed by atoms with Crippen molar-refractivity contribution < 1.29 is 9.53 Å². The van der Waals surface area contributed by atoms with Gasteiger partial charge in [0.1, 0.15) is 5.54 Å². The highest BCUT2D eigenvalue weighted by Crippen LogP contribution is 2.31. The Kier molecular flexibility index (Phi) is 6.10. The van der Waals surface area contributed by atoms with Gasteiger partial charge in [-0.3, -0.25) is 14.6 Å². The molecule has 0 aliphatic carbocycles. The number of carbonyl (C=O) groups excluding carboxylic acids is 1. The number of nitrogens with one attached hydrogen (secondary N) is 1. The summed E-state index contributed by atoms with van der Waals surface area (Å²) < 4.78 is 5.42. The van der Waals surface area contributed by atoms with E-state index in [1.807, 2.05) is 18.2 Å². The van der Waals surface area contributed by atoms with Gasteiger partial charge < -0.3 is 10.1 Å². The lowest BCUT2D eigenvalue weighted by molar-refractivity contribution is -0.133. The Bertz CT molecular complexity index is 553. The minimum Gasteiger partial charge on any atom is -0.379 e. The maximum atomic E-state index is 13.2. The van der Waals surface area contributed by atoms with E-state index in [1.54, 1.807) is 0 Å². The molecule has 138 valence electrons. The Morgan fingerprint density at radius 3 is 2.44 bits per heavy atom. The molecule has 1 amide bonds. The minimum absolute atomic E-state index is 0.112. The predicted octanol–water partition coefficient (Wildman–Crippen LogP) is 1.83. The molecule has 0 bridgehead atoms. The molecule has 2 atom stereocenters. The van der Waals surface area contributed by atoms with Crippen LogP contribution in [0.3, 0.4) is 0 Å². The number of benzene rings is 1. The molecule has 0 aromatic heterocycles. The Hall–Kier alpha value is -1.43. The molecular weight excluding hydrogens is 314 g/mol. The summed E-state index contributed by atoms with van der Waals surface area (Å²) in [6.45, 7) is 10.4. The van der Waals surface area contributed by atoms with E-state index in [-0.39, 0.29) is 5.91 Å². The van der Waals surface area contributed by atoms with Crippen molar-refractivity contribution in [3.8, 4) is 0 Å². The molecule has 25 heavy (non-hydrogen) atoms. The van der Waals surface area contributed by atoms with Crippen molar-refractivity contribution in [3.05, 3.63) is 35.9 Å². The lowest BCUT2D eigenvalue weighted by Gasteiger charge is -2.39. The van der Waals surface area contributed by atoms with E-state index in [0.717, 1.165) is 45.0 Å². The maximum absolute atomic E-state index is 13.2. The first-order valence-electron chi connectivity index (χ1n) is 9.53. The van der Waals surface area contributed by atoms with Gasteiger partial charge in [-0.1, -0.05) is 30.3 Å². The number of carbonyl (C=O) groups is 1. The van der Waals surface area contributed by atoms with Crippen LogP contribution >= 0.6 is 0 Å². The summed E-state index contributed by atoms with van der Waals surface area (Å²) in [7, 11) is 0. The summed E-state index contributed by atoms with van der Waals surface area (Å²) in [4.78, 5) is 18.0. The van der Waals surface area contributed by atoms with Gasteiger partial charge in [-0.05, 0) is 45.3 Å². The molecule has 1 aromatic rings. The summed E-state index contributed by atoms with van der Waals surface area (Å²) in [5.41, 5.74) is 0.482. The fourth-order valence-electron chi connectivity index (χ4n) is 3.94. The van der Waals surface area contributed by atoms with Gasteiger partial charge in [-0.25, -0.2) is 0 Å². The van der Waals surface area contributed by atoms with Crippen molar-refractivity contribution in [2.45, 2.75) is 38.3 Å². The zero-order valence-corrected chi connectivity index (χ0v) is 15.5. The van der Waals surface area contributed by atoms with Gasteiger partial charge in [0.25, 0.3) is 0 Å². The summed E-state index contributed by atoms with van der Waals surface area (Å²) in [5, 5.41) is 3.23. The third-order valence-corrected chi connectivity index (χ3v) is 5.74. The molecule has 3 rings (SSSR count). The van der Waals surface area contributed by atoms with E-state index >= 15 is 0 Å². The first-order valence-corrected chi connectivity index (χ1v) is 9.53. The van der Waals surface area contributed by atoms with E-state index in [2.05, 4.69) is 41.1 Å².